The van der Waals surface area contributed by atoms with Gasteiger partial charge in [0.15, 0.2) is 26.3 Å². The summed E-state index contributed by atoms with van der Waals surface area (Å²) in [5.41, 5.74) is 0.590. The minimum atomic E-state index is -3.68. The lowest BCUT2D eigenvalue weighted by Gasteiger charge is -2.09. The quantitative estimate of drug-likeness (QED) is 0.415. The molecule has 3 rings (SSSR count). The van der Waals surface area contributed by atoms with Crippen LogP contribution in [0.15, 0.2) is 35.6 Å². The van der Waals surface area contributed by atoms with Gasteiger partial charge in [-0.15, -0.1) is 0 Å². The van der Waals surface area contributed by atoms with Crippen LogP contribution in [0.2, 0.25) is 10.0 Å². The number of hydrogen-bond donors (Lipinski definition) is 0. The summed E-state index contributed by atoms with van der Waals surface area (Å²) in [6.07, 6.45) is 3.60. The van der Waals surface area contributed by atoms with Crippen molar-refractivity contribution in [2.75, 3.05) is 12.9 Å². The summed E-state index contributed by atoms with van der Waals surface area (Å²) in [6.45, 7) is 1.75. The first-order valence-corrected chi connectivity index (χ1v) is 11.0. The van der Waals surface area contributed by atoms with Crippen molar-refractivity contribution >= 4 is 50.3 Å². The first kappa shape index (κ1) is 21.2. The number of Topliss-reactive ketones (excluding diaryl/α,β-unsaturated/α-hetero) is 1. The van der Waals surface area contributed by atoms with Crippen molar-refractivity contribution < 1.29 is 22.7 Å². The number of esters is 1. The van der Waals surface area contributed by atoms with Crippen molar-refractivity contribution in [1.82, 2.24) is 14.6 Å². The number of carbonyl (C=O) groups excluding carboxylic acids is 2. The maximum Gasteiger partial charge on any atom is 0.358 e. The topological polar surface area (TPSA) is 108 Å². The largest absolute Gasteiger partial charge is 0.461 e. The van der Waals surface area contributed by atoms with Crippen LogP contribution in [0, 0.1) is 0 Å². The molecule has 8 nitrogen and oxygen atoms in total. The number of rotatable bonds is 6. The molecule has 11 heteroatoms. The number of nitrogens with zero attached hydrogens (tertiary/aromatic N) is 3. The van der Waals surface area contributed by atoms with Gasteiger partial charge in [-0.2, -0.15) is 5.10 Å². The molecule has 3 aromatic heterocycles. The van der Waals surface area contributed by atoms with E-state index in [2.05, 4.69) is 10.1 Å². The summed E-state index contributed by atoms with van der Waals surface area (Å²) in [5.74, 6) is -1.12. The lowest BCUT2D eigenvalue weighted by molar-refractivity contribution is 0.0518. The van der Waals surface area contributed by atoms with Crippen molar-refractivity contribution in [2.24, 2.45) is 0 Å². The van der Waals surface area contributed by atoms with E-state index in [0.717, 1.165) is 10.8 Å². The van der Waals surface area contributed by atoms with E-state index >= 15 is 0 Å². The molecule has 0 unspecified atom stereocenters. The predicted octanol–water partition coefficient (Wildman–Crippen LogP) is 3.04. The summed E-state index contributed by atoms with van der Waals surface area (Å²) >= 11 is 12.2. The van der Waals surface area contributed by atoms with Crippen LogP contribution in [-0.4, -0.2) is 47.6 Å². The number of carbonyl (C=O) groups is 2. The molecule has 0 saturated heterocycles. The van der Waals surface area contributed by atoms with Gasteiger partial charge in [-0.3, -0.25) is 9.78 Å². The van der Waals surface area contributed by atoms with Crippen molar-refractivity contribution in [3.8, 4) is 0 Å². The van der Waals surface area contributed by atoms with Crippen LogP contribution in [0.5, 0.6) is 0 Å². The van der Waals surface area contributed by atoms with Gasteiger partial charge in [0.2, 0.25) is 0 Å². The molecule has 29 heavy (non-hydrogen) atoms. The molecule has 0 aliphatic rings. The second-order valence-corrected chi connectivity index (χ2v) is 8.86. The molecular formula is C18H15Cl2N3O5S. The highest BCUT2D eigenvalue weighted by atomic mass is 35.5. The Bertz CT molecular complexity index is 1220. The van der Waals surface area contributed by atoms with Crippen LogP contribution in [0.3, 0.4) is 0 Å². The molecule has 0 spiro atoms. The number of sulfone groups is 1. The first-order chi connectivity index (χ1) is 13.6. The lowest BCUT2D eigenvalue weighted by Crippen LogP contribution is -2.12. The summed E-state index contributed by atoms with van der Waals surface area (Å²) in [5, 5.41) is 4.33. The van der Waals surface area contributed by atoms with Crippen LogP contribution in [-0.2, 0) is 21.0 Å². The minimum absolute atomic E-state index is 0.114. The molecule has 0 fully saturated rings. The standard InChI is InChI=1S/C18H15Cl2N3O5S/c1-3-28-18(25)14-7-15-10(4-5-17(23(15)22-14)29(2,26)27)16(24)6-11-12(19)8-21-9-13(11)20/h4-5,7-9H,3,6H2,1-2H3. The number of ketones is 1. The number of fused-ring (bicyclic) bond motifs is 1. The molecule has 3 heterocycles. The highest BCUT2D eigenvalue weighted by Crippen LogP contribution is 2.26. The normalized spacial score (nSPS) is 11.6. The van der Waals surface area contributed by atoms with Crippen LogP contribution < -0.4 is 0 Å². The molecule has 152 valence electrons. The Labute approximate surface area is 176 Å². The van der Waals surface area contributed by atoms with Gasteiger partial charge in [0, 0.05) is 36.2 Å². The van der Waals surface area contributed by atoms with Gasteiger partial charge in [-0.25, -0.2) is 17.7 Å². The maximum atomic E-state index is 13.0. The summed E-state index contributed by atoms with van der Waals surface area (Å²) in [6, 6.07) is 3.94. The van der Waals surface area contributed by atoms with Crippen molar-refractivity contribution in [2.45, 2.75) is 18.4 Å². The molecule has 3 aromatic rings. The van der Waals surface area contributed by atoms with Gasteiger partial charge < -0.3 is 4.74 Å². The maximum absolute atomic E-state index is 13.0. The fourth-order valence-corrected chi connectivity index (χ4v) is 4.00. The Morgan fingerprint density at radius 3 is 2.41 bits per heavy atom. The van der Waals surface area contributed by atoms with Gasteiger partial charge >= 0.3 is 5.97 Å². The Morgan fingerprint density at radius 1 is 1.17 bits per heavy atom. The lowest BCUT2D eigenvalue weighted by atomic mass is 10.0. The molecule has 0 atom stereocenters. The summed E-state index contributed by atoms with van der Waals surface area (Å²) < 4.78 is 30.2. The minimum Gasteiger partial charge on any atom is -0.461 e. The number of ether oxygens (including phenoxy) is 1. The molecule has 0 saturated carbocycles. The molecule has 0 aliphatic carbocycles. The Kier molecular flexibility index (Phi) is 5.92. The van der Waals surface area contributed by atoms with E-state index in [1.165, 1.54) is 30.6 Å². The van der Waals surface area contributed by atoms with E-state index in [1.54, 1.807) is 6.92 Å². The average Bonchev–Trinajstić information content (AvgIpc) is 3.08. The first-order valence-electron chi connectivity index (χ1n) is 8.34. The SMILES string of the molecule is CCOC(=O)c1cc2c(C(=O)Cc3c(Cl)cncc3Cl)ccc(S(C)(=O)=O)n2n1. The van der Waals surface area contributed by atoms with E-state index in [1.807, 2.05) is 0 Å². The predicted molar refractivity (Wildman–Crippen MR) is 107 cm³/mol. The average molecular weight is 456 g/mol. The third-order valence-corrected chi connectivity index (χ3v) is 5.76. The second kappa shape index (κ2) is 8.10. The molecule has 0 N–H and O–H groups in total. The Balaban J connectivity index is 2.15. The van der Waals surface area contributed by atoms with Crippen LogP contribution in [0.1, 0.15) is 33.3 Å². The fourth-order valence-electron chi connectivity index (χ4n) is 2.74. The highest BCUT2D eigenvalue weighted by molar-refractivity contribution is 7.90. The van der Waals surface area contributed by atoms with Gasteiger partial charge in [-0.05, 0) is 25.1 Å². The second-order valence-electron chi connectivity index (χ2n) is 6.09. The van der Waals surface area contributed by atoms with Crippen molar-refractivity contribution in [3.05, 3.63) is 57.5 Å². The third kappa shape index (κ3) is 4.26. The van der Waals surface area contributed by atoms with E-state index < -0.39 is 15.8 Å². The highest BCUT2D eigenvalue weighted by Gasteiger charge is 2.23. The summed E-state index contributed by atoms with van der Waals surface area (Å²) in [7, 11) is -3.68. The van der Waals surface area contributed by atoms with Crippen LogP contribution in [0.25, 0.3) is 5.52 Å². The molecule has 0 aromatic carbocycles. The third-order valence-electron chi connectivity index (χ3n) is 4.04. The monoisotopic (exact) mass is 455 g/mol. The van der Waals surface area contributed by atoms with Crippen LogP contribution in [0.4, 0.5) is 0 Å². The van der Waals surface area contributed by atoms with E-state index in [4.69, 9.17) is 27.9 Å². The van der Waals surface area contributed by atoms with E-state index in [0.29, 0.717) is 5.56 Å². The van der Waals surface area contributed by atoms with Gasteiger partial charge in [0.25, 0.3) is 0 Å². The molecule has 0 aliphatic heterocycles. The molecule has 0 amide bonds. The van der Waals surface area contributed by atoms with Crippen molar-refractivity contribution in [1.29, 1.82) is 0 Å². The molecule has 0 radical (unpaired) electrons. The number of halogens is 2. The van der Waals surface area contributed by atoms with E-state index in [9.17, 15) is 18.0 Å². The van der Waals surface area contributed by atoms with E-state index in [-0.39, 0.29) is 50.7 Å². The smallest absolute Gasteiger partial charge is 0.358 e. The van der Waals surface area contributed by atoms with Crippen molar-refractivity contribution in [3.63, 3.8) is 0 Å². The van der Waals surface area contributed by atoms with Gasteiger partial charge in [0.05, 0.1) is 22.2 Å². The Morgan fingerprint density at radius 2 is 1.83 bits per heavy atom. The number of hydrogen-bond acceptors (Lipinski definition) is 7. The fraction of sp³-hybridized carbons (Fsp3) is 0.222. The Hall–Kier alpha value is -2.49. The molecular weight excluding hydrogens is 441 g/mol. The van der Waals surface area contributed by atoms with Gasteiger partial charge in [-0.1, -0.05) is 23.2 Å². The zero-order valence-corrected chi connectivity index (χ0v) is 17.7. The summed E-state index contributed by atoms with van der Waals surface area (Å²) in [4.78, 5) is 28.9. The molecule has 0 bridgehead atoms. The number of pyridine rings is 2. The number of aromatic nitrogens is 3. The van der Waals surface area contributed by atoms with Crippen LogP contribution >= 0.6 is 23.2 Å². The zero-order chi connectivity index (χ0) is 21.3. The van der Waals surface area contributed by atoms with Gasteiger partial charge in [0.1, 0.15) is 0 Å². The zero-order valence-electron chi connectivity index (χ0n) is 15.3.